The molecule has 2 aromatic rings. The maximum atomic E-state index is 10.4. The number of aryl methyl sites for hydroxylation is 1. The summed E-state index contributed by atoms with van der Waals surface area (Å²) in [6.45, 7) is 5.52. The van der Waals surface area contributed by atoms with Gasteiger partial charge >= 0.3 is 0 Å². The van der Waals surface area contributed by atoms with E-state index < -0.39 is 6.10 Å². The number of aliphatic hydroxyl groups is 1. The Balaban J connectivity index is 1.39. The number of hydrogen-bond donors (Lipinski definition) is 2. The van der Waals surface area contributed by atoms with Crippen LogP contribution in [-0.2, 0) is 19.6 Å². The second-order valence-corrected chi connectivity index (χ2v) is 8.15. The zero-order chi connectivity index (χ0) is 20.5. The highest BCUT2D eigenvalue weighted by Crippen LogP contribution is 2.21. The van der Waals surface area contributed by atoms with Gasteiger partial charge < -0.3 is 20.1 Å². The summed E-state index contributed by atoms with van der Waals surface area (Å²) in [7, 11) is 2.12. The van der Waals surface area contributed by atoms with Crippen molar-refractivity contribution in [2.45, 2.75) is 70.8 Å². The number of aromatic nitrogens is 2. The summed E-state index contributed by atoms with van der Waals surface area (Å²) in [5.41, 5.74) is 2.35. The first-order valence-corrected chi connectivity index (χ1v) is 11.0. The number of rotatable bonds is 11. The van der Waals surface area contributed by atoms with Gasteiger partial charge in [0.15, 0.2) is 0 Å². The molecule has 1 fully saturated rings. The van der Waals surface area contributed by atoms with Gasteiger partial charge in [0.2, 0.25) is 0 Å². The summed E-state index contributed by atoms with van der Waals surface area (Å²) >= 11 is 0. The standard InChI is InChI=1S/C23H36N4O2/c1-3-27-16-20(15-25-27)14-24-13-19-8-7-11-23(12-19)29-18-22(28)17-26(2)21-9-5-4-6-10-21/h7-8,11-12,15-16,21-22,24,28H,3-6,9-10,13-14,17-18H2,1-2H3/t22-/m1/s1. The van der Waals surface area contributed by atoms with Crippen LogP contribution in [0.4, 0.5) is 0 Å². The molecule has 29 heavy (non-hydrogen) atoms. The van der Waals surface area contributed by atoms with Crippen molar-refractivity contribution in [1.29, 1.82) is 0 Å². The van der Waals surface area contributed by atoms with E-state index in [1.54, 1.807) is 0 Å². The third-order valence-corrected chi connectivity index (χ3v) is 5.71. The van der Waals surface area contributed by atoms with Crippen LogP contribution in [0.1, 0.15) is 50.2 Å². The molecule has 2 N–H and O–H groups in total. The van der Waals surface area contributed by atoms with E-state index in [0.29, 0.717) is 19.2 Å². The fourth-order valence-electron chi connectivity index (χ4n) is 4.02. The van der Waals surface area contributed by atoms with Crippen LogP contribution < -0.4 is 10.1 Å². The molecule has 0 bridgehead atoms. The highest BCUT2D eigenvalue weighted by molar-refractivity contribution is 5.28. The highest BCUT2D eigenvalue weighted by atomic mass is 16.5. The first-order chi connectivity index (χ1) is 14.1. The lowest BCUT2D eigenvalue weighted by atomic mass is 9.94. The topological polar surface area (TPSA) is 62.6 Å². The molecule has 0 radical (unpaired) electrons. The lowest BCUT2D eigenvalue weighted by Crippen LogP contribution is -2.40. The van der Waals surface area contributed by atoms with Crippen molar-refractivity contribution in [3.63, 3.8) is 0 Å². The molecule has 1 heterocycles. The van der Waals surface area contributed by atoms with Crippen molar-refractivity contribution >= 4 is 0 Å². The average Bonchev–Trinajstić information content (AvgIpc) is 3.21. The van der Waals surface area contributed by atoms with Gasteiger partial charge in [-0.1, -0.05) is 31.4 Å². The molecule has 6 heteroatoms. The Morgan fingerprint density at radius 1 is 1.24 bits per heavy atom. The molecular formula is C23H36N4O2. The van der Waals surface area contributed by atoms with Gasteiger partial charge in [-0.25, -0.2) is 0 Å². The number of benzene rings is 1. The predicted octanol–water partition coefficient (Wildman–Crippen LogP) is 3.20. The molecule has 1 atom stereocenters. The summed E-state index contributed by atoms with van der Waals surface area (Å²) < 4.78 is 7.79. The normalized spacial score (nSPS) is 16.3. The molecule has 1 aliphatic rings. The molecule has 0 amide bonds. The Morgan fingerprint density at radius 3 is 2.79 bits per heavy atom. The van der Waals surface area contributed by atoms with E-state index in [1.165, 1.54) is 43.2 Å². The van der Waals surface area contributed by atoms with E-state index >= 15 is 0 Å². The van der Waals surface area contributed by atoms with Gasteiger partial charge in [-0.15, -0.1) is 0 Å². The first kappa shape index (κ1) is 21.8. The fourth-order valence-corrected chi connectivity index (χ4v) is 4.02. The minimum Gasteiger partial charge on any atom is -0.491 e. The van der Waals surface area contributed by atoms with Crippen LogP contribution in [0.15, 0.2) is 36.7 Å². The molecule has 3 rings (SSSR count). The molecule has 1 aromatic heterocycles. The van der Waals surface area contributed by atoms with Gasteiger partial charge in [0, 0.05) is 44.0 Å². The molecule has 1 aliphatic carbocycles. The van der Waals surface area contributed by atoms with Crippen molar-refractivity contribution < 1.29 is 9.84 Å². The Bertz CT molecular complexity index is 727. The minimum absolute atomic E-state index is 0.324. The quantitative estimate of drug-likeness (QED) is 0.607. The summed E-state index contributed by atoms with van der Waals surface area (Å²) in [6, 6.07) is 8.69. The van der Waals surface area contributed by atoms with Crippen molar-refractivity contribution in [2.24, 2.45) is 0 Å². The lowest BCUT2D eigenvalue weighted by Gasteiger charge is -2.32. The van der Waals surface area contributed by atoms with Crippen molar-refractivity contribution in [1.82, 2.24) is 20.0 Å². The van der Waals surface area contributed by atoms with E-state index in [9.17, 15) is 5.11 Å². The predicted molar refractivity (Wildman–Crippen MR) is 116 cm³/mol. The maximum absolute atomic E-state index is 10.4. The van der Waals surface area contributed by atoms with Crippen molar-refractivity contribution in [3.05, 3.63) is 47.8 Å². The number of likely N-dealkylation sites (N-methyl/N-ethyl adjacent to an activating group) is 1. The van der Waals surface area contributed by atoms with Gasteiger partial charge in [-0.2, -0.15) is 5.10 Å². The molecule has 160 valence electrons. The van der Waals surface area contributed by atoms with Crippen LogP contribution >= 0.6 is 0 Å². The Labute approximate surface area is 174 Å². The van der Waals surface area contributed by atoms with Crippen LogP contribution in [0.25, 0.3) is 0 Å². The van der Waals surface area contributed by atoms with Crippen LogP contribution in [-0.4, -0.2) is 52.1 Å². The van der Waals surface area contributed by atoms with Crippen LogP contribution in [0.2, 0.25) is 0 Å². The van der Waals surface area contributed by atoms with Crippen LogP contribution in [0.5, 0.6) is 5.75 Å². The van der Waals surface area contributed by atoms with Crippen LogP contribution in [0, 0.1) is 0 Å². The number of ether oxygens (including phenoxy) is 1. The number of hydrogen-bond acceptors (Lipinski definition) is 5. The SMILES string of the molecule is CCn1cc(CNCc2cccc(OC[C@H](O)CN(C)C3CCCCC3)c2)cn1. The third-order valence-electron chi connectivity index (χ3n) is 5.71. The molecule has 0 unspecified atom stereocenters. The number of nitrogens with zero attached hydrogens (tertiary/aromatic N) is 3. The summed E-state index contributed by atoms with van der Waals surface area (Å²) in [5.74, 6) is 0.808. The van der Waals surface area contributed by atoms with Gasteiger partial charge in [-0.05, 0) is 44.5 Å². The average molecular weight is 401 g/mol. The molecule has 6 nitrogen and oxygen atoms in total. The third kappa shape index (κ3) is 7.14. The molecule has 0 aliphatic heterocycles. The molecule has 0 spiro atoms. The molecule has 1 aromatic carbocycles. The van der Waals surface area contributed by atoms with Crippen LogP contribution in [0.3, 0.4) is 0 Å². The summed E-state index contributed by atoms with van der Waals surface area (Å²) in [4.78, 5) is 2.30. The van der Waals surface area contributed by atoms with Gasteiger partial charge in [-0.3, -0.25) is 4.68 Å². The molecular weight excluding hydrogens is 364 g/mol. The second-order valence-electron chi connectivity index (χ2n) is 8.15. The number of nitrogens with one attached hydrogen (secondary N) is 1. The smallest absolute Gasteiger partial charge is 0.119 e. The molecule has 1 saturated carbocycles. The van der Waals surface area contributed by atoms with E-state index in [2.05, 4.69) is 41.5 Å². The summed E-state index contributed by atoms with van der Waals surface area (Å²) in [6.07, 6.45) is 9.96. The Kier molecular flexibility index (Phi) is 8.52. The molecule has 0 saturated heterocycles. The van der Waals surface area contributed by atoms with Gasteiger partial charge in [0.05, 0.1) is 6.20 Å². The van der Waals surface area contributed by atoms with E-state index in [1.807, 2.05) is 29.1 Å². The Morgan fingerprint density at radius 2 is 2.03 bits per heavy atom. The largest absolute Gasteiger partial charge is 0.491 e. The minimum atomic E-state index is -0.473. The zero-order valence-electron chi connectivity index (χ0n) is 17.9. The fraction of sp³-hybridized carbons (Fsp3) is 0.609. The monoisotopic (exact) mass is 400 g/mol. The second kappa shape index (κ2) is 11.3. The summed E-state index contributed by atoms with van der Waals surface area (Å²) in [5, 5.41) is 18.1. The van der Waals surface area contributed by atoms with Crippen molar-refractivity contribution in [3.8, 4) is 5.75 Å². The van der Waals surface area contributed by atoms with Gasteiger partial charge in [0.25, 0.3) is 0 Å². The highest BCUT2D eigenvalue weighted by Gasteiger charge is 2.20. The van der Waals surface area contributed by atoms with E-state index in [4.69, 9.17) is 4.74 Å². The van der Waals surface area contributed by atoms with Gasteiger partial charge in [0.1, 0.15) is 18.5 Å². The van der Waals surface area contributed by atoms with E-state index in [0.717, 1.165) is 25.4 Å². The van der Waals surface area contributed by atoms with E-state index in [-0.39, 0.29) is 0 Å². The number of aliphatic hydroxyl groups excluding tert-OH is 1. The Hall–Kier alpha value is -1.89. The first-order valence-electron chi connectivity index (χ1n) is 11.0. The maximum Gasteiger partial charge on any atom is 0.119 e. The zero-order valence-corrected chi connectivity index (χ0v) is 17.9. The lowest BCUT2D eigenvalue weighted by molar-refractivity contribution is 0.0561. The van der Waals surface area contributed by atoms with Crippen molar-refractivity contribution in [2.75, 3.05) is 20.2 Å².